The van der Waals surface area contributed by atoms with Gasteiger partial charge in [0.05, 0.1) is 28.5 Å². The standard InChI is InChI=1S/C43H45N11O6/c1-24-8-7-9-25(2)35(24)49-36-30-22-45-42(50-37(30)52(3)51-36)47-32(20-26-10-5-4-6-11-26)43(41(44)60)16-18-53(19-17-43)23-34(56)46-27-12-13-28-29(21-27)40(59)54(39(28)58)31-14-15-33(55)48-38(31)57/h4-13,21-22,31-32H,14-20,23H2,1-3H3,(H2,44,60)(H,46,56)(H,49,51)(H,45,47,50)(H,48,55,57). The minimum Gasteiger partial charge on any atom is -0.369 e. The van der Waals surface area contributed by atoms with E-state index >= 15 is 0 Å². The summed E-state index contributed by atoms with van der Waals surface area (Å²) in [6, 6.07) is 18.7. The molecule has 0 spiro atoms. The zero-order valence-corrected chi connectivity index (χ0v) is 33.4. The fraction of sp³-hybridized carbons (Fsp3) is 0.326. The molecule has 3 aromatic carbocycles. The van der Waals surface area contributed by atoms with Crippen molar-refractivity contribution in [3.8, 4) is 0 Å². The van der Waals surface area contributed by atoms with Gasteiger partial charge >= 0.3 is 0 Å². The van der Waals surface area contributed by atoms with Crippen molar-refractivity contribution in [3.63, 3.8) is 0 Å². The molecule has 0 radical (unpaired) electrons. The topological polar surface area (TPSA) is 227 Å². The Hall–Kier alpha value is -7.01. The van der Waals surface area contributed by atoms with Gasteiger partial charge in [0, 0.05) is 37.1 Å². The van der Waals surface area contributed by atoms with Crippen molar-refractivity contribution in [3.05, 3.63) is 101 Å². The number of fused-ring (bicyclic) bond motifs is 2. The van der Waals surface area contributed by atoms with Gasteiger partial charge in [0.15, 0.2) is 11.5 Å². The number of aryl methyl sites for hydroxylation is 3. The first kappa shape index (κ1) is 39.8. The highest BCUT2D eigenvalue weighted by molar-refractivity contribution is 6.24. The van der Waals surface area contributed by atoms with Crippen LogP contribution in [0.15, 0.2) is 72.9 Å². The molecule has 308 valence electrons. The molecule has 2 unspecified atom stereocenters. The van der Waals surface area contributed by atoms with Crippen molar-refractivity contribution in [2.24, 2.45) is 18.2 Å². The number of carbonyl (C=O) groups is 6. The molecule has 0 aliphatic carbocycles. The fourth-order valence-corrected chi connectivity index (χ4v) is 8.55. The predicted molar refractivity (Wildman–Crippen MR) is 222 cm³/mol. The highest BCUT2D eigenvalue weighted by Crippen LogP contribution is 2.39. The zero-order chi connectivity index (χ0) is 42.3. The maximum atomic E-state index is 13.6. The summed E-state index contributed by atoms with van der Waals surface area (Å²) in [6.07, 6.45) is 2.92. The predicted octanol–water partition coefficient (Wildman–Crippen LogP) is 3.35. The molecule has 0 saturated carbocycles. The van der Waals surface area contributed by atoms with Crippen LogP contribution in [0.25, 0.3) is 11.0 Å². The van der Waals surface area contributed by atoms with Crippen molar-refractivity contribution in [2.45, 2.75) is 58.0 Å². The lowest BCUT2D eigenvalue weighted by Gasteiger charge is -2.44. The first-order valence-corrected chi connectivity index (χ1v) is 19.8. The number of nitrogens with one attached hydrogen (secondary N) is 4. The first-order valence-electron chi connectivity index (χ1n) is 19.8. The Kier molecular flexibility index (Phi) is 10.6. The van der Waals surface area contributed by atoms with E-state index in [0.717, 1.165) is 32.7 Å². The van der Waals surface area contributed by atoms with E-state index in [9.17, 15) is 28.8 Å². The van der Waals surface area contributed by atoms with Crippen LogP contribution in [0.1, 0.15) is 63.1 Å². The van der Waals surface area contributed by atoms with Crippen LogP contribution in [0, 0.1) is 19.3 Å². The molecule has 3 aliphatic heterocycles. The summed E-state index contributed by atoms with van der Waals surface area (Å²) < 4.78 is 1.69. The molecule has 2 saturated heterocycles. The summed E-state index contributed by atoms with van der Waals surface area (Å²) in [5.74, 6) is -2.34. The lowest BCUT2D eigenvalue weighted by atomic mass is 9.69. The van der Waals surface area contributed by atoms with Gasteiger partial charge in [-0.25, -0.2) is 9.67 Å². The largest absolute Gasteiger partial charge is 0.369 e. The first-order chi connectivity index (χ1) is 28.8. The number of para-hydroxylation sites is 1. The monoisotopic (exact) mass is 811 g/mol. The van der Waals surface area contributed by atoms with Crippen molar-refractivity contribution in [1.82, 2.24) is 34.9 Å². The number of amides is 6. The van der Waals surface area contributed by atoms with Crippen LogP contribution in [0.5, 0.6) is 0 Å². The van der Waals surface area contributed by atoms with E-state index in [1.54, 1.807) is 10.9 Å². The highest BCUT2D eigenvalue weighted by atomic mass is 16.2. The third-order valence-corrected chi connectivity index (χ3v) is 11.9. The Morgan fingerprint density at radius 1 is 0.950 bits per heavy atom. The average molecular weight is 812 g/mol. The maximum absolute atomic E-state index is 13.6. The number of anilines is 4. The summed E-state index contributed by atoms with van der Waals surface area (Å²) in [7, 11) is 1.82. The maximum Gasteiger partial charge on any atom is 0.262 e. The molecule has 60 heavy (non-hydrogen) atoms. The molecule has 3 aliphatic rings. The molecular formula is C43H45N11O6. The number of nitrogens with two attached hydrogens (primary N) is 1. The molecular weight excluding hydrogens is 767 g/mol. The molecule has 2 fully saturated rings. The number of piperidine rings is 2. The molecule has 2 atom stereocenters. The van der Waals surface area contributed by atoms with Crippen molar-refractivity contribution in [1.29, 1.82) is 0 Å². The summed E-state index contributed by atoms with van der Waals surface area (Å²) in [5, 5.41) is 17.4. The van der Waals surface area contributed by atoms with Crippen LogP contribution >= 0.6 is 0 Å². The second kappa shape index (κ2) is 16.0. The van der Waals surface area contributed by atoms with Gasteiger partial charge in [-0.05, 0) is 87.5 Å². The minimum absolute atomic E-state index is 0.00332. The van der Waals surface area contributed by atoms with Gasteiger partial charge in [-0.2, -0.15) is 10.1 Å². The Labute approximate surface area is 345 Å². The molecule has 8 rings (SSSR count). The van der Waals surface area contributed by atoms with Crippen LogP contribution in [-0.4, -0.2) is 96.7 Å². The van der Waals surface area contributed by atoms with Crippen molar-refractivity contribution >= 4 is 69.6 Å². The average Bonchev–Trinajstić information content (AvgIpc) is 3.66. The number of nitrogens with zero attached hydrogens (tertiary/aromatic N) is 6. The molecule has 6 N–H and O–H groups in total. The van der Waals surface area contributed by atoms with Crippen LogP contribution in [0.4, 0.5) is 23.1 Å². The highest BCUT2D eigenvalue weighted by Gasteiger charge is 2.48. The number of carbonyl (C=O) groups excluding carboxylic acids is 6. The molecule has 17 heteroatoms. The fourth-order valence-electron chi connectivity index (χ4n) is 8.55. The van der Waals surface area contributed by atoms with Crippen LogP contribution in [-0.2, 0) is 32.6 Å². The normalized spacial score (nSPS) is 18.2. The molecule has 0 bridgehead atoms. The number of primary amides is 1. The van der Waals surface area contributed by atoms with Gasteiger partial charge in [-0.1, -0.05) is 48.5 Å². The van der Waals surface area contributed by atoms with Gasteiger partial charge in [0.1, 0.15) is 6.04 Å². The Morgan fingerprint density at radius 3 is 2.37 bits per heavy atom. The van der Waals surface area contributed by atoms with Gasteiger partial charge < -0.3 is 21.7 Å². The van der Waals surface area contributed by atoms with Crippen LogP contribution in [0.2, 0.25) is 0 Å². The zero-order valence-electron chi connectivity index (χ0n) is 33.4. The Morgan fingerprint density at radius 2 is 1.67 bits per heavy atom. The summed E-state index contributed by atoms with van der Waals surface area (Å²) in [5.41, 5.74) is 10.5. The number of aromatic nitrogens is 4. The molecule has 5 heterocycles. The number of hydrogen-bond donors (Lipinski definition) is 5. The van der Waals surface area contributed by atoms with E-state index in [1.165, 1.54) is 18.2 Å². The molecule has 2 aromatic heterocycles. The second-order valence-electron chi connectivity index (χ2n) is 15.7. The van der Waals surface area contributed by atoms with Gasteiger partial charge in [-0.3, -0.25) is 43.9 Å². The number of likely N-dealkylation sites (tertiary alicyclic amines) is 1. The third-order valence-electron chi connectivity index (χ3n) is 11.9. The molecule has 17 nitrogen and oxygen atoms in total. The minimum atomic E-state index is -1.09. The van der Waals surface area contributed by atoms with Crippen LogP contribution < -0.4 is 27.0 Å². The van der Waals surface area contributed by atoms with E-state index in [2.05, 4.69) is 26.3 Å². The number of benzene rings is 3. The summed E-state index contributed by atoms with van der Waals surface area (Å²) in [4.78, 5) is 89.8. The SMILES string of the molecule is Cc1cccc(C)c1Nc1nn(C)c2nc(NC(Cc3ccccc3)C3(C(N)=O)CCN(CC(=O)Nc4ccc5c(c4)C(=O)N(C4CCC(=O)NC4=O)C5=O)CC3)ncc12. The summed E-state index contributed by atoms with van der Waals surface area (Å²) >= 11 is 0. The smallest absolute Gasteiger partial charge is 0.262 e. The summed E-state index contributed by atoms with van der Waals surface area (Å²) in [6.45, 7) is 4.83. The number of hydrogen-bond acceptors (Lipinski definition) is 12. The van der Waals surface area contributed by atoms with Crippen molar-refractivity contribution in [2.75, 3.05) is 35.6 Å². The van der Waals surface area contributed by atoms with E-state index in [4.69, 9.17) is 15.8 Å². The lowest BCUT2D eigenvalue weighted by molar-refractivity contribution is -0.136. The Bertz CT molecular complexity index is 2540. The van der Waals surface area contributed by atoms with Crippen LogP contribution in [0.3, 0.4) is 0 Å². The lowest BCUT2D eigenvalue weighted by Crippen LogP contribution is -2.57. The van der Waals surface area contributed by atoms with E-state index < -0.39 is 47.0 Å². The van der Waals surface area contributed by atoms with Gasteiger partial charge in [0.2, 0.25) is 29.6 Å². The molecule has 6 amide bonds. The number of rotatable bonds is 12. The van der Waals surface area contributed by atoms with E-state index in [1.807, 2.05) is 74.3 Å². The van der Waals surface area contributed by atoms with Gasteiger partial charge in [0.25, 0.3) is 11.8 Å². The molecule has 5 aromatic rings. The second-order valence-corrected chi connectivity index (χ2v) is 15.7. The number of imide groups is 2. The third kappa shape index (κ3) is 7.54. The van der Waals surface area contributed by atoms with Crippen molar-refractivity contribution < 1.29 is 28.8 Å². The Balaban J connectivity index is 0.961. The quantitative estimate of drug-likeness (QED) is 0.114. The van der Waals surface area contributed by atoms with E-state index in [0.29, 0.717) is 55.5 Å². The van der Waals surface area contributed by atoms with E-state index in [-0.39, 0.29) is 36.4 Å². The van der Waals surface area contributed by atoms with Gasteiger partial charge in [-0.15, -0.1) is 0 Å².